The summed E-state index contributed by atoms with van der Waals surface area (Å²) in [6.45, 7) is 4.37. The molecule has 3 N–H and O–H groups in total. The van der Waals surface area contributed by atoms with Gasteiger partial charge in [-0.2, -0.15) is 0 Å². The molecule has 1 atom stereocenters. The van der Waals surface area contributed by atoms with Gasteiger partial charge in [0.25, 0.3) is 0 Å². The molecule has 8 nitrogen and oxygen atoms in total. The number of hydrogen-bond donors (Lipinski definition) is 3. The monoisotopic (exact) mass is 545 g/mol. The molecule has 4 rings (SSSR count). The SMILES string of the molecule is Cc1cc(NC(=O)NCCN2CCC(NS(=O)(=O)c3cccc(CBr)c3)C2)c2ccccc2n1. The largest absolute Gasteiger partial charge is 0.337 e. The van der Waals surface area contributed by atoms with Crippen LogP contribution in [0.3, 0.4) is 0 Å². The van der Waals surface area contributed by atoms with Crippen molar-refractivity contribution in [2.75, 3.05) is 31.5 Å². The Kier molecular flexibility index (Phi) is 7.82. The van der Waals surface area contributed by atoms with Crippen molar-refractivity contribution in [2.45, 2.75) is 29.6 Å². The number of alkyl halides is 1. The van der Waals surface area contributed by atoms with E-state index in [4.69, 9.17) is 0 Å². The lowest BCUT2D eigenvalue weighted by molar-refractivity contribution is 0.249. The molecule has 0 bridgehead atoms. The molecule has 1 aliphatic rings. The van der Waals surface area contributed by atoms with E-state index in [0.29, 0.717) is 25.0 Å². The summed E-state index contributed by atoms with van der Waals surface area (Å²) in [6, 6.07) is 16.0. The third kappa shape index (κ3) is 6.12. The smallest absolute Gasteiger partial charge is 0.319 e. The number of rotatable bonds is 8. The highest BCUT2D eigenvalue weighted by molar-refractivity contribution is 9.08. The zero-order chi connectivity index (χ0) is 24.1. The number of hydrogen-bond acceptors (Lipinski definition) is 5. The van der Waals surface area contributed by atoms with Crippen LogP contribution in [0.1, 0.15) is 17.7 Å². The Labute approximate surface area is 208 Å². The third-order valence-electron chi connectivity index (χ3n) is 5.76. The number of pyridine rings is 1. The number of anilines is 1. The van der Waals surface area contributed by atoms with E-state index in [1.807, 2.05) is 43.3 Å². The first-order chi connectivity index (χ1) is 16.3. The highest BCUT2D eigenvalue weighted by Crippen LogP contribution is 2.22. The van der Waals surface area contributed by atoms with Gasteiger partial charge < -0.3 is 10.6 Å². The number of aryl methyl sites for hydroxylation is 1. The molecule has 1 saturated heterocycles. The van der Waals surface area contributed by atoms with Gasteiger partial charge in [-0.15, -0.1) is 0 Å². The Morgan fingerprint density at radius 3 is 2.82 bits per heavy atom. The van der Waals surface area contributed by atoms with Crippen LogP contribution < -0.4 is 15.4 Å². The van der Waals surface area contributed by atoms with Gasteiger partial charge in [0.1, 0.15) is 0 Å². The van der Waals surface area contributed by atoms with Crippen LogP contribution in [0, 0.1) is 6.92 Å². The number of carbonyl (C=O) groups excluding carboxylic acids is 1. The first-order valence-electron chi connectivity index (χ1n) is 11.1. The molecule has 3 aromatic rings. The van der Waals surface area contributed by atoms with E-state index >= 15 is 0 Å². The number of carbonyl (C=O) groups is 1. The fourth-order valence-electron chi connectivity index (χ4n) is 4.12. The van der Waals surface area contributed by atoms with Crippen molar-refractivity contribution in [3.8, 4) is 0 Å². The Balaban J connectivity index is 1.25. The number of amides is 2. The van der Waals surface area contributed by atoms with Crippen LogP contribution in [0.4, 0.5) is 10.5 Å². The van der Waals surface area contributed by atoms with Crippen LogP contribution in [-0.2, 0) is 15.4 Å². The summed E-state index contributed by atoms with van der Waals surface area (Å²) < 4.78 is 28.3. The summed E-state index contributed by atoms with van der Waals surface area (Å²) in [5.41, 5.74) is 3.30. The minimum absolute atomic E-state index is 0.155. The lowest BCUT2D eigenvalue weighted by atomic mass is 10.1. The molecular formula is C24H28BrN5O3S. The maximum Gasteiger partial charge on any atom is 0.319 e. The zero-order valence-electron chi connectivity index (χ0n) is 18.9. The minimum atomic E-state index is -3.57. The van der Waals surface area contributed by atoms with Gasteiger partial charge >= 0.3 is 6.03 Å². The first-order valence-corrected chi connectivity index (χ1v) is 13.8. The van der Waals surface area contributed by atoms with E-state index in [1.54, 1.807) is 18.2 Å². The molecule has 0 radical (unpaired) electrons. The van der Waals surface area contributed by atoms with E-state index in [0.717, 1.165) is 40.8 Å². The molecular weight excluding hydrogens is 518 g/mol. The van der Waals surface area contributed by atoms with Crippen LogP contribution in [0.5, 0.6) is 0 Å². The van der Waals surface area contributed by atoms with Crippen molar-refractivity contribution >= 4 is 48.6 Å². The molecule has 1 fully saturated rings. The summed E-state index contributed by atoms with van der Waals surface area (Å²) in [5, 5.41) is 7.29. The maximum absolute atomic E-state index is 12.7. The summed E-state index contributed by atoms with van der Waals surface area (Å²) in [4.78, 5) is 19.4. The van der Waals surface area contributed by atoms with E-state index in [2.05, 4.69) is 41.2 Å². The number of likely N-dealkylation sites (tertiary alicyclic amines) is 1. The van der Waals surface area contributed by atoms with Gasteiger partial charge in [0.2, 0.25) is 10.0 Å². The molecule has 1 aliphatic heterocycles. The van der Waals surface area contributed by atoms with Crippen molar-refractivity contribution in [1.29, 1.82) is 0 Å². The molecule has 34 heavy (non-hydrogen) atoms. The zero-order valence-corrected chi connectivity index (χ0v) is 21.3. The molecule has 2 aromatic carbocycles. The number of urea groups is 1. The van der Waals surface area contributed by atoms with Gasteiger partial charge in [-0.25, -0.2) is 17.9 Å². The van der Waals surface area contributed by atoms with E-state index in [9.17, 15) is 13.2 Å². The molecule has 180 valence electrons. The van der Waals surface area contributed by atoms with Crippen LogP contribution >= 0.6 is 15.9 Å². The highest BCUT2D eigenvalue weighted by Gasteiger charge is 2.27. The molecule has 10 heteroatoms. The second-order valence-corrected chi connectivity index (χ2v) is 10.7. The Morgan fingerprint density at radius 2 is 2.00 bits per heavy atom. The van der Waals surface area contributed by atoms with Crippen molar-refractivity contribution in [1.82, 2.24) is 19.9 Å². The van der Waals surface area contributed by atoms with Crippen LogP contribution in [-0.4, -0.2) is 56.6 Å². The molecule has 1 aromatic heterocycles. The van der Waals surface area contributed by atoms with Gasteiger partial charge in [0.15, 0.2) is 0 Å². The van der Waals surface area contributed by atoms with Gasteiger partial charge in [0, 0.05) is 42.1 Å². The Morgan fingerprint density at radius 1 is 1.18 bits per heavy atom. The number of para-hydroxylation sites is 1. The summed E-state index contributed by atoms with van der Waals surface area (Å²) >= 11 is 3.36. The molecule has 1 unspecified atom stereocenters. The van der Waals surface area contributed by atoms with Crippen molar-refractivity contribution < 1.29 is 13.2 Å². The van der Waals surface area contributed by atoms with Crippen LogP contribution in [0.15, 0.2) is 59.5 Å². The molecule has 0 spiro atoms. The number of nitrogens with one attached hydrogen (secondary N) is 3. The predicted octanol–water partition coefficient (Wildman–Crippen LogP) is 3.61. The van der Waals surface area contributed by atoms with Gasteiger partial charge in [-0.3, -0.25) is 9.88 Å². The minimum Gasteiger partial charge on any atom is -0.337 e. The fraction of sp³-hybridized carbons (Fsp3) is 0.333. The topological polar surface area (TPSA) is 103 Å². The average molecular weight is 546 g/mol. The van der Waals surface area contributed by atoms with E-state index in [1.165, 1.54) is 0 Å². The van der Waals surface area contributed by atoms with Gasteiger partial charge in [0.05, 0.1) is 16.1 Å². The summed E-state index contributed by atoms with van der Waals surface area (Å²) in [5.74, 6) is 0. The average Bonchev–Trinajstić information content (AvgIpc) is 3.25. The maximum atomic E-state index is 12.7. The quantitative estimate of drug-likeness (QED) is 0.375. The standard InChI is InChI=1S/C24H28BrN5O3S/c1-17-13-23(21-7-2-3-8-22(21)27-17)28-24(31)26-10-12-30-11-9-19(16-30)29-34(32,33)20-6-4-5-18(14-20)15-25/h2-8,13-14,19,29H,9-12,15-16H2,1H3,(H2,26,27,28,31). The normalized spacial score (nSPS) is 16.6. The number of nitrogens with zero attached hydrogens (tertiary/aromatic N) is 2. The van der Waals surface area contributed by atoms with Crippen molar-refractivity contribution in [2.24, 2.45) is 0 Å². The lowest BCUT2D eigenvalue weighted by Crippen LogP contribution is -2.39. The molecule has 2 heterocycles. The second-order valence-electron chi connectivity index (χ2n) is 8.40. The van der Waals surface area contributed by atoms with Crippen LogP contribution in [0.2, 0.25) is 0 Å². The predicted molar refractivity (Wildman–Crippen MR) is 138 cm³/mol. The third-order valence-corrected chi connectivity index (χ3v) is 7.93. The van der Waals surface area contributed by atoms with Crippen LogP contribution in [0.25, 0.3) is 10.9 Å². The second kappa shape index (κ2) is 10.8. The van der Waals surface area contributed by atoms with E-state index in [-0.39, 0.29) is 17.0 Å². The first kappa shape index (κ1) is 24.6. The number of sulfonamides is 1. The highest BCUT2D eigenvalue weighted by atomic mass is 79.9. The summed E-state index contributed by atoms with van der Waals surface area (Å²) in [7, 11) is -3.57. The Hall–Kier alpha value is -2.53. The van der Waals surface area contributed by atoms with Crippen molar-refractivity contribution in [3.05, 3.63) is 65.9 Å². The van der Waals surface area contributed by atoms with E-state index < -0.39 is 10.0 Å². The number of fused-ring (bicyclic) bond motifs is 1. The van der Waals surface area contributed by atoms with Gasteiger partial charge in [-0.05, 0) is 49.7 Å². The molecule has 0 saturated carbocycles. The lowest BCUT2D eigenvalue weighted by Gasteiger charge is -2.17. The number of benzene rings is 2. The number of aromatic nitrogens is 1. The fourth-order valence-corrected chi connectivity index (χ4v) is 5.80. The Bertz CT molecular complexity index is 1280. The molecule has 0 aliphatic carbocycles. The molecule has 2 amide bonds. The summed E-state index contributed by atoms with van der Waals surface area (Å²) in [6.07, 6.45) is 0.728. The van der Waals surface area contributed by atoms with Crippen molar-refractivity contribution in [3.63, 3.8) is 0 Å². The number of halogens is 1. The van der Waals surface area contributed by atoms with Gasteiger partial charge in [-0.1, -0.05) is 46.3 Å².